The molecule has 0 unspecified atom stereocenters. The van der Waals surface area contributed by atoms with Crippen molar-refractivity contribution >= 4 is 22.5 Å². The van der Waals surface area contributed by atoms with Crippen LogP contribution in [0.2, 0.25) is 5.02 Å². The van der Waals surface area contributed by atoms with Gasteiger partial charge >= 0.3 is 0 Å². The van der Waals surface area contributed by atoms with Crippen LogP contribution in [0.3, 0.4) is 0 Å². The maximum absolute atomic E-state index is 9.74. The number of nitriles is 1. The van der Waals surface area contributed by atoms with Crippen molar-refractivity contribution in [2.45, 2.75) is 19.0 Å². The third-order valence-electron chi connectivity index (χ3n) is 5.00. The van der Waals surface area contributed by atoms with Gasteiger partial charge in [-0.1, -0.05) is 11.6 Å². The Labute approximate surface area is 157 Å². The van der Waals surface area contributed by atoms with Crippen molar-refractivity contribution in [3.8, 4) is 17.3 Å². The molecule has 0 spiro atoms. The quantitative estimate of drug-likeness (QED) is 0.745. The Morgan fingerprint density at radius 2 is 2.27 bits per heavy atom. The summed E-state index contributed by atoms with van der Waals surface area (Å²) in [5.74, 6) is 0. The lowest BCUT2D eigenvalue weighted by molar-refractivity contribution is 0.547. The average Bonchev–Trinajstić information content (AvgIpc) is 3.26. The zero-order valence-corrected chi connectivity index (χ0v) is 15.3. The van der Waals surface area contributed by atoms with E-state index in [2.05, 4.69) is 27.8 Å². The van der Waals surface area contributed by atoms with Crippen molar-refractivity contribution in [2.75, 3.05) is 13.1 Å². The van der Waals surface area contributed by atoms with E-state index in [0.29, 0.717) is 16.6 Å². The van der Waals surface area contributed by atoms with E-state index in [9.17, 15) is 5.26 Å². The Kier molecular flexibility index (Phi) is 4.64. The molecule has 4 rings (SSSR count). The second-order valence-electron chi connectivity index (χ2n) is 6.71. The molecule has 3 heterocycles. The first-order chi connectivity index (χ1) is 12.7. The predicted molar refractivity (Wildman–Crippen MR) is 104 cm³/mol. The molecule has 0 aliphatic carbocycles. The molecule has 1 saturated heterocycles. The molecule has 1 aromatic carbocycles. The van der Waals surface area contributed by atoms with E-state index in [1.165, 1.54) is 0 Å². The smallest absolute Gasteiger partial charge is 0.102 e. The number of benzene rings is 1. The Hall–Kier alpha value is -2.39. The fourth-order valence-corrected chi connectivity index (χ4v) is 3.83. The van der Waals surface area contributed by atoms with Crippen LogP contribution in [0.25, 0.3) is 22.2 Å². The first-order valence-electron chi connectivity index (χ1n) is 8.74. The van der Waals surface area contributed by atoms with Gasteiger partial charge in [0.15, 0.2) is 0 Å². The lowest BCUT2D eigenvalue weighted by Crippen LogP contribution is -2.30. The molecule has 2 aromatic heterocycles. The number of nitrogens with one attached hydrogen (secondary N) is 2. The van der Waals surface area contributed by atoms with Crippen molar-refractivity contribution in [2.24, 2.45) is 7.05 Å². The van der Waals surface area contributed by atoms with E-state index in [1.807, 2.05) is 42.2 Å². The fourth-order valence-electron chi connectivity index (χ4n) is 3.67. The van der Waals surface area contributed by atoms with E-state index in [-0.39, 0.29) is 0 Å². The van der Waals surface area contributed by atoms with Crippen LogP contribution >= 0.6 is 11.6 Å². The second-order valence-corrected chi connectivity index (χ2v) is 7.14. The highest BCUT2D eigenvalue weighted by Gasteiger charge is 2.18. The fraction of sp³-hybridized carbons (Fsp3) is 0.300. The van der Waals surface area contributed by atoms with Gasteiger partial charge in [0.2, 0.25) is 0 Å². The summed E-state index contributed by atoms with van der Waals surface area (Å²) in [4.78, 5) is 4.41. The standard InChI is InChI=1S/C20H20ClN5/c1-26-19-7-15(21)2-3-17(19)18(8-22)20(26)14-6-13(9-24-11-14)10-25-16-4-5-23-12-16/h2-3,6-7,9,11,16,23,25H,4-5,10,12H2,1H3/t16-/m0/s1. The van der Waals surface area contributed by atoms with Gasteiger partial charge in [-0.05, 0) is 42.8 Å². The summed E-state index contributed by atoms with van der Waals surface area (Å²) in [7, 11) is 1.96. The summed E-state index contributed by atoms with van der Waals surface area (Å²) in [6.45, 7) is 2.85. The van der Waals surface area contributed by atoms with Crippen molar-refractivity contribution in [3.63, 3.8) is 0 Å². The molecule has 1 fully saturated rings. The molecular formula is C20H20ClN5. The molecule has 0 amide bonds. The first kappa shape index (κ1) is 17.0. The predicted octanol–water partition coefficient (Wildman–Crippen LogP) is 3.22. The largest absolute Gasteiger partial charge is 0.342 e. The zero-order chi connectivity index (χ0) is 18.1. The summed E-state index contributed by atoms with van der Waals surface area (Å²) in [5, 5.41) is 18.2. The van der Waals surface area contributed by atoms with Gasteiger partial charge in [0.1, 0.15) is 6.07 Å². The van der Waals surface area contributed by atoms with Crippen LogP contribution in [-0.2, 0) is 13.6 Å². The minimum Gasteiger partial charge on any atom is -0.342 e. The molecule has 0 radical (unpaired) electrons. The second kappa shape index (κ2) is 7.08. The highest BCUT2D eigenvalue weighted by Crippen LogP contribution is 2.33. The molecule has 1 aliphatic heterocycles. The highest BCUT2D eigenvalue weighted by molar-refractivity contribution is 6.31. The average molecular weight is 366 g/mol. The van der Waals surface area contributed by atoms with Gasteiger partial charge < -0.3 is 15.2 Å². The van der Waals surface area contributed by atoms with Gasteiger partial charge in [0.05, 0.1) is 16.8 Å². The first-order valence-corrected chi connectivity index (χ1v) is 9.11. The maximum Gasteiger partial charge on any atom is 0.102 e. The van der Waals surface area contributed by atoms with Crippen LogP contribution < -0.4 is 10.6 Å². The molecule has 26 heavy (non-hydrogen) atoms. The number of hydrogen-bond acceptors (Lipinski definition) is 4. The number of pyridine rings is 1. The van der Waals surface area contributed by atoms with E-state index >= 15 is 0 Å². The normalized spacial score (nSPS) is 16.9. The molecule has 6 heteroatoms. The summed E-state index contributed by atoms with van der Waals surface area (Å²) in [6.07, 6.45) is 4.84. The maximum atomic E-state index is 9.74. The molecule has 2 N–H and O–H groups in total. The number of fused-ring (bicyclic) bond motifs is 1. The van der Waals surface area contributed by atoms with Gasteiger partial charge in [0, 0.05) is 54.5 Å². The monoisotopic (exact) mass is 365 g/mol. The van der Waals surface area contributed by atoms with Crippen molar-refractivity contribution in [1.29, 1.82) is 5.26 Å². The molecule has 132 valence electrons. The van der Waals surface area contributed by atoms with Gasteiger partial charge in [-0.15, -0.1) is 0 Å². The van der Waals surface area contributed by atoms with Crippen molar-refractivity contribution < 1.29 is 0 Å². The number of halogens is 1. The van der Waals surface area contributed by atoms with Crippen LogP contribution in [-0.4, -0.2) is 28.7 Å². The van der Waals surface area contributed by atoms with Crippen LogP contribution in [0.1, 0.15) is 17.5 Å². The van der Waals surface area contributed by atoms with Crippen LogP contribution in [0.15, 0.2) is 36.7 Å². The molecular weight excluding hydrogens is 346 g/mol. The number of hydrogen-bond donors (Lipinski definition) is 2. The Morgan fingerprint density at radius 3 is 3.04 bits per heavy atom. The number of aromatic nitrogens is 2. The van der Waals surface area contributed by atoms with E-state index in [4.69, 9.17) is 11.6 Å². The lowest BCUT2D eigenvalue weighted by atomic mass is 10.1. The molecule has 0 bridgehead atoms. The Bertz CT molecular complexity index is 995. The third-order valence-corrected chi connectivity index (χ3v) is 5.23. The van der Waals surface area contributed by atoms with Crippen molar-refractivity contribution in [1.82, 2.24) is 20.2 Å². The van der Waals surface area contributed by atoms with Crippen LogP contribution in [0.5, 0.6) is 0 Å². The molecule has 3 aromatic rings. The van der Waals surface area contributed by atoms with E-state index < -0.39 is 0 Å². The van der Waals surface area contributed by atoms with Crippen molar-refractivity contribution in [3.05, 3.63) is 52.8 Å². The topological polar surface area (TPSA) is 65.7 Å². The summed E-state index contributed by atoms with van der Waals surface area (Å²) < 4.78 is 2.02. The number of rotatable bonds is 4. The lowest BCUT2D eigenvalue weighted by Gasteiger charge is -2.12. The Balaban J connectivity index is 1.72. The summed E-state index contributed by atoms with van der Waals surface area (Å²) in [5.41, 5.74) is 4.54. The summed E-state index contributed by atoms with van der Waals surface area (Å²) >= 11 is 6.15. The minimum atomic E-state index is 0.507. The molecule has 1 atom stereocenters. The summed E-state index contributed by atoms with van der Waals surface area (Å²) in [6, 6.07) is 10.6. The van der Waals surface area contributed by atoms with Gasteiger partial charge in [-0.3, -0.25) is 4.98 Å². The molecule has 5 nitrogen and oxygen atoms in total. The molecule has 0 saturated carbocycles. The SMILES string of the molecule is Cn1c(-c2cncc(CN[C@H]3CCNC3)c2)c(C#N)c2ccc(Cl)cc21. The number of aryl methyl sites for hydroxylation is 1. The van der Waals surface area contributed by atoms with Gasteiger partial charge in [0.25, 0.3) is 0 Å². The van der Waals surface area contributed by atoms with E-state index in [1.54, 1.807) is 0 Å². The van der Waals surface area contributed by atoms with Gasteiger partial charge in [-0.25, -0.2) is 0 Å². The number of nitrogens with zero attached hydrogens (tertiary/aromatic N) is 3. The highest BCUT2D eigenvalue weighted by atomic mass is 35.5. The van der Waals surface area contributed by atoms with Gasteiger partial charge in [-0.2, -0.15) is 5.26 Å². The Morgan fingerprint density at radius 1 is 1.38 bits per heavy atom. The third kappa shape index (κ3) is 3.08. The van der Waals surface area contributed by atoms with Crippen LogP contribution in [0, 0.1) is 11.3 Å². The van der Waals surface area contributed by atoms with E-state index in [0.717, 1.165) is 53.8 Å². The minimum absolute atomic E-state index is 0.507. The molecule has 1 aliphatic rings. The van der Waals surface area contributed by atoms with Crippen LogP contribution in [0.4, 0.5) is 0 Å². The zero-order valence-electron chi connectivity index (χ0n) is 14.6.